The monoisotopic (exact) mass is 358 g/mol. The summed E-state index contributed by atoms with van der Waals surface area (Å²) in [5, 5.41) is 13.5. The predicted octanol–water partition coefficient (Wildman–Crippen LogP) is 4.02. The van der Waals surface area contributed by atoms with Crippen LogP contribution in [0.5, 0.6) is 11.5 Å². The Kier molecular flexibility index (Phi) is 6.54. The Hall–Kier alpha value is -3.09. The maximum atomic E-state index is 12.1. The van der Waals surface area contributed by atoms with Crippen molar-refractivity contribution in [3.63, 3.8) is 0 Å². The molecule has 2 aromatic rings. The van der Waals surface area contributed by atoms with Crippen LogP contribution in [0.1, 0.15) is 24.0 Å². The molecule has 0 bridgehead atoms. The Morgan fingerprint density at radius 3 is 2.65 bits per heavy atom. The third kappa shape index (κ3) is 4.95. The summed E-state index contributed by atoms with van der Waals surface area (Å²) < 4.78 is 10.8. The average Bonchev–Trinajstić information content (AvgIpc) is 2.62. The van der Waals surface area contributed by atoms with Gasteiger partial charge < -0.3 is 14.8 Å². The van der Waals surface area contributed by atoms with Crippen LogP contribution in [0.3, 0.4) is 0 Å². The van der Waals surface area contributed by atoms with E-state index in [0.717, 1.165) is 16.9 Å². The first-order valence-electron chi connectivity index (χ1n) is 8.23. The van der Waals surface area contributed by atoms with E-state index in [9.17, 15) is 14.9 Å². The normalized spacial score (nSPS) is 10.3. The van der Waals surface area contributed by atoms with Crippen LogP contribution in [-0.2, 0) is 4.79 Å². The standard InChI is InChI=1S/C19H22N2O5/c1-13-6-4-7-17(14(13)2)26-11-5-8-19(22)20-16-12-15(21(23)24)9-10-18(16)25-3/h4,6-7,9-10,12H,5,8,11H2,1-3H3,(H,20,22). The van der Waals surface area contributed by atoms with Crippen molar-refractivity contribution in [2.75, 3.05) is 19.0 Å². The number of hydrogen-bond donors (Lipinski definition) is 1. The van der Waals surface area contributed by atoms with Crippen LogP contribution in [0.2, 0.25) is 0 Å². The van der Waals surface area contributed by atoms with Gasteiger partial charge in [0, 0.05) is 18.6 Å². The Balaban J connectivity index is 1.88. The second-order valence-corrected chi connectivity index (χ2v) is 5.84. The number of nitro groups is 1. The highest BCUT2D eigenvalue weighted by molar-refractivity contribution is 5.92. The van der Waals surface area contributed by atoms with Gasteiger partial charge in [-0.05, 0) is 43.5 Å². The number of nitro benzene ring substituents is 1. The molecule has 2 aromatic carbocycles. The Morgan fingerprint density at radius 1 is 1.19 bits per heavy atom. The number of anilines is 1. The highest BCUT2D eigenvalue weighted by atomic mass is 16.6. The van der Waals surface area contributed by atoms with Crippen molar-refractivity contribution in [1.29, 1.82) is 0 Å². The molecular formula is C19H22N2O5. The minimum Gasteiger partial charge on any atom is -0.495 e. The quantitative estimate of drug-likeness (QED) is 0.437. The number of benzene rings is 2. The molecule has 7 heteroatoms. The predicted molar refractivity (Wildman–Crippen MR) is 98.9 cm³/mol. The van der Waals surface area contributed by atoms with E-state index in [4.69, 9.17) is 9.47 Å². The van der Waals surface area contributed by atoms with Gasteiger partial charge in [-0.3, -0.25) is 14.9 Å². The second kappa shape index (κ2) is 8.84. The molecular weight excluding hydrogens is 336 g/mol. The van der Waals surface area contributed by atoms with Crippen LogP contribution in [0, 0.1) is 24.0 Å². The molecule has 0 fully saturated rings. The largest absolute Gasteiger partial charge is 0.495 e. The number of nitrogens with zero attached hydrogens (tertiary/aromatic N) is 1. The van der Waals surface area contributed by atoms with Gasteiger partial charge in [-0.25, -0.2) is 0 Å². The lowest BCUT2D eigenvalue weighted by Crippen LogP contribution is -2.14. The Bertz CT molecular complexity index is 805. The van der Waals surface area contributed by atoms with Gasteiger partial charge in [0.05, 0.1) is 24.3 Å². The number of aryl methyl sites for hydroxylation is 1. The smallest absolute Gasteiger partial charge is 0.271 e. The van der Waals surface area contributed by atoms with Crippen LogP contribution < -0.4 is 14.8 Å². The fourth-order valence-electron chi connectivity index (χ4n) is 2.42. The fraction of sp³-hybridized carbons (Fsp3) is 0.316. The van der Waals surface area contributed by atoms with Crippen molar-refractivity contribution in [3.05, 3.63) is 57.6 Å². The summed E-state index contributed by atoms with van der Waals surface area (Å²) in [6, 6.07) is 9.91. The maximum Gasteiger partial charge on any atom is 0.271 e. The molecule has 26 heavy (non-hydrogen) atoms. The number of hydrogen-bond acceptors (Lipinski definition) is 5. The highest BCUT2D eigenvalue weighted by Crippen LogP contribution is 2.29. The fourth-order valence-corrected chi connectivity index (χ4v) is 2.42. The molecule has 1 N–H and O–H groups in total. The molecule has 0 saturated heterocycles. The van der Waals surface area contributed by atoms with Crippen molar-refractivity contribution in [2.45, 2.75) is 26.7 Å². The maximum absolute atomic E-state index is 12.1. The lowest BCUT2D eigenvalue weighted by Gasteiger charge is -2.12. The van der Waals surface area contributed by atoms with Crippen molar-refractivity contribution in [3.8, 4) is 11.5 Å². The first kappa shape index (κ1) is 19.2. The molecule has 0 spiro atoms. The summed E-state index contributed by atoms with van der Waals surface area (Å²) in [4.78, 5) is 22.5. The molecule has 0 saturated carbocycles. The molecule has 0 aliphatic rings. The van der Waals surface area contributed by atoms with Crippen molar-refractivity contribution in [1.82, 2.24) is 0 Å². The van der Waals surface area contributed by atoms with Gasteiger partial charge in [0.25, 0.3) is 5.69 Å². The van der Waals surface area contributed by atoms with Gasteiger partial charge >= 0.3 is 0 Å². The van der Waals surface area contributed by atoms with Gasteiger partial charge in [-0.2, -0.15) is 0 Å². The van der Waals surface area contributed by atoms with E-state index in [1.165, 1.54) is 25.3 Å². The molecule has 138 valence electrons. The number of nitrogens with one attached hydrogen (secondary N) is 1. The summed E-state index contributed by atoms with van der Waals surface area (Å²) in [6.45, 7) is 4.41. The summed E-state index contributed by atoms with van der Waals surface area (Å²) >= 11 is 0. The number of carbonyl (C=O) groups is 1. The molecule has 7 nitrogen and oxygen atoms in total. The summed E-state index contributed by atoms with van der Waals surface area (Å²) in [7, 11) is 1.44. The first-order chi connectivity index (χ1) is 12.4. The third-order valence-electron chi connectivity index (χ3n) is 4.03. The van der Waals surface area contributed by atoms with E-state index in [-0.39, 0.29) is 23.7 Å². The van der Waals surface area contributed by atoms with Crippen LogP contribution in [0.4, 0.5) is 11.4 Å². The lowest BCUT2D eigenvalue weighted by molar-refractivity contribution is -0.384. The molecule has 0 aliphatic carbocycles. The number of non-ortho nitro benzene ring substituents is 1. The molecule has 1 amide bonds. The molecule has 0 atom stereocenters. The number of carbonyl (C=O) groups excluding carboxylic acids is 1. The highest BCUT2D eigenvalue weighted by Gasteiger charge is 2.13. The molecule has 0 radical (unpaired) electrons. The molecule has 0 heterocycles. The Labute approximate surface area is 152 Å². The van der Waals surface area contributed by atoms with Crippen LogP contribution in [0.15, 0.2) is 36.4 Å². The van der Waals surface area contributed by atoms with E-state index >= 15 is 0 Å². The molecule has 0 aliphatic heterocycles. The van der Waals surface area contributed by atoms with E-state index in [2.05, 4.69) is 5.32 Å². The summed E-state index contributed by atoms with van der Waals surface area (Å²) in [6.07, 6.45) is 0.757. The van der Waals surface area contributed by atoms with Crippen molar-refractivity contribution in [2.24, 2.45) is 0 Å². The van der Waals surface area contributed by atoms with E-state index in [0.29, 0.717) is 18.8 Å². The zero-order valence-electron chi connectivity index (χ0n) is 15.1. The van der Waals surface area contributed by atoms with Crippen molar-refractivity contribution < 1.29 is 19.2 Å². The topological polar surface area (TPSA) is 90.7 Å². The van der Waals surface area contributed by atoms with Crippen molar-refractivity contribution >= 4 is 17.3 Å². The van der Waals surface area contributed by atoms with Crippen LogP contribution >= 0.6 is 0 Å². The van der Waals surface area contributed by atoms with Gasteiger partial charge in [0.2, 0.25) is 5.91 Å². The zero-order chi connectivity index (χ0) is 19.1. The minimum atomic E-state index is -0.521. The lowest BCUT2D eigenvalue weighted by atomic mass is 10.1. The SMILES string of the molecule is COc1ccc([N+](=O)[O-])cc1NC(=O)CCCOc1cccc(C)c1C. The van der Waals surface area contributed by atoms with Gasteiger partial charge in [-0.1, -0.05) is 12.1 Å². The Morgan fingerprint density at radius 2 is 1.96 bits per heavy atom. The van der Waals surface area contributed by atoms with E-state index in [1.807, 2.05) is 32.0 Å². The number of methoxy groups -OCH3 is 1. The van der Waals surface area contributed by atoms with Gasteiger partial charge in [0.1, 0.15) is 11.5 Å². The zero-order valence-corrected chi connectivity index (χ0v) is 15.1. The van der Waals surface area contributed by atoms with E-state index in [1.54, 1.807) is 0 Å². The number of ether oxygens (including phenoxy) is 2. The van der Waals surface area contributed by atoms with E-state index < -0.39 is 4.92 Å². The molecule has 0 aromatic heterocycles. The number of rotatable bonds is 8. The van der Waals surface area contributed by atoms with Gasteiger partial charge in [-0.15, -0.1) is 0 Å². The summed E-state index contributed by atoms with van der Waals surface area (Å²) in [5.41, 5.74) is 2.40. The first-order valence-corrected chi connectivity index (χ1v) is 8.23. The number of amides is 1. The third-order valence-corrected chi connectivity index (χ3v) is 4.03. The summed E-state index contributed by atoms with van der Waals surface area (Å²) in [5.74, 6) is 0.926. The van der Waals surface area contributed by atoms with Crippen LogP contribution in [0.25, 0.3) is 0 Å². The van der Waals surface area contributed by atoms with Crippen LogP contribution in [-0.4, -0.2) is 24.5 Å². The average molecular weight is 358 g/mol. The second-order valence-electron chi connectivity index (χ2n) is 5.84. The molecule has 2 rings (SSSR count). The van der Waals surface area contributed by atoms with Gasteiger partial charge in [0.15, 0.2) is 0 Å². The molecule has 0 unspecified atom stereocenters. The minimum absolute atomic E-state index is 0.112.